The quantitative estimate of drug-likeness (QED) is 0.846. The van der Waals surface area contributed by atoms with E-state index in [2.05, 4.69) is 15.9 Å². The van der Waals surface area contributed by atoms with E-state index in [0.29, 0.717) is 19.0 Å². The molecule has 1 aromatic carbocycles. The smallest absolute Gasteiger partial charge is 0.0917 e. The van der Waals surface area contributed by atoms with E-state index in [4.69, 9.17) is 0 Å². The molecule has 2 atom stereocenters. The molecule has 0 aliphatic heterocycles. The first-order valence-corrected chi connectivity index (χ1v) is 7.15. The molecule has 0 aromatic heterocycles. The first-order valence-electron chi connectivity index (χ1n) is 6.36. The van der Waals surface area contributed by atoms with Gasteiger partial charge in [0.05, 0.1) is 12.2 Å². The van der Waals surface area contributed by atoms with Gasteiger partial charge in [0.1, 0.15) is 0 Å². The standard InChI is InChI=1S/C14H20BrNO2/c1-16(8-13(17)10-5-6-10)9-14(18)11-3-2-4-12(15)7-11/h2-4,7,10,13-14,17-18H,5-6,8-9H2,1H3. The summed E-state index contributed by atoms with van der Waals surface area (Å²) in [4.78, 5) is 1.99. The van der Waals surface area contributed by atoms with Crippen molar-refractivity contribution in [2.45, 2.75) is 25.0 Å². The van der Waals surface area contributed by atoms with E-state index in [1.807, 2.05) is 36.2 Å². The van der Waals surface area contributed by atoms with Crippen molar-refractivity contribution in [2.24, 2.45) is 5.92 Å². The molecule has 100 valence electrons. The average molecular weight is 314 g/mol. The predicted octanol–water partition coefficient (Wildman–Crippen LogP) is 2.19. The van der Waals surface area contributed by atoms with E-state index in [9.17, 15) is 10.2 Å². The molecule has 0 spiro atoms. The van der Waals surface area contributed by atoms with Crippen molar-refractivity contribution in [3.8, 4) is 0 Å². The van der Waals surface area contributed by atoms with Crippen LogP contribution in [0.2, 0.25) is 0 Å². The summed E-state index contributed by atoms with van der Waals surface area (Å²) in [7, 11) is 1.94. The molecule has 1 aliphatic carbocycles. The molecule has 3 nitrogen and oxygen atoms in total. The van der Waals surface area contributed by atoms with Crippen LogP contribution >= 0.6 is 15.9 Å². The summed E-state index contributed by atoms with van der Waals surface area (Å²) in [6, 6.07) is 7.70. The number of halogens is 1. The highest BCUT2D eigenvalue weighted by molar-refractivity contribution is 9.10. The van der Waals surface area contributed by atoms with Gasteiger partial charge in [0.15, 0.2) is 0 Å². The summed E-state index contributed by atoms with van der Waals surface area (Å²) < 4.78 is 0.972. The lowest BCUT2D eigenvalue weighted by molar-refractivity contribution is 0.0733. The van der Waals surface area contributed by atoms with Gasteiger partial charge < -0.3 is 15.1 Å². The number of hydrogen-bond acceptors (Lipinski definition) is 3. The molecule has 2 N–H and O–H groups in total. The zero-order chi connectivity index (χ0) is 13.1. The number of aliphatic hydroxyl groups is 2. The van der Waals surface area contributed by atoms with Crippen molar-refractivity contribution in [3.05, 3.63) is 34.3 Å². The maximum absolute atomic E-state index is 10.1. The zero-order valence-corrected chi connectivity index (χ0v) is 12.2. The summed E-state index contributed by atoms with van der Waals surface area (Å²) in [5.74, 6) is 0.482. The molecular weight excluding hydrogens is 294 g/mol. The van der Waals surface area contributed by atoms with Gasteiger partial charge in [-0.1, -0.05) is 28.1 Å². The van der Waals surface area contributed by atoms with Crippen LogP contribution in [0, 0.1) is 5.92 Å². The molecule has 0 amide bonds. The Bertz CT molecular complexity index is 395. The highest BCUT2D eigenvalue weighted by atomic mass is 79.9. The lowest BCUT2D eigenvalue weighted by Gasteiger charge is -2.23. The molecule has 0 bridgehead atoms. The molecule has 2 rings (SSSR count). The highest BCUT2D eigenvalue weighted by Gasteiger charge is 2.30. The van der Waals surface area contributed by atoms with Gasteiger partial charge >= 0.3 is 0 Å². The van der Waals surface area contributed by atoms with Gasteiger partial charge in [-0.25, -0.2) is 0 Å². The van der Waals surface area contributed by atoms with Crippen molar-refractivity contribution < 1.29 is 10.2 Å². The molecule has 0 saturated heterocycles. The summed E-state index contributed by atoms with van der Waals surface area (Å²) in [5.41, 5.74) is 0.900. The average Bonchev–Trinajstić information content (AvgIpc) is 3.12. The molecule has 1 saturated carbocycles. The number of likely N-dealkylation sites (N-methyl/N-ethyl adjacent to an activating group) is 1. The number of nitrogens with zero attached hydrogens (tertiary/aromatic N) is 1. The monoisotopic (exact) mass is 313 g/mol. The van der Waals surface area contributed by atoms with Crippen LogP contribution in [0.4, 0.5) is 0 Å². The Hall–Kier alpha value is -0.420. The van der Waals surface area contributed by atoms with Gasteiger partial charge in [0.25, 0.3) is 0 Å². The fourth-order valence-electron chi connectivity index (χ4n) is 2.14. The minimum atomic E-state index is -0.515. The second-order valence-electron chi connectivity index (χ2n) is 5.20. The van der Waals surface area contributed by atoms with Crippen LogP contribution in [-0.4, -0.2) is 41.4 Å². The number of benzene rings is 1. The van der Waals surface area contributed by atoms with E-state index >= 15 is 0 Å². The third-order valence-corrected chi connectivity index (χ3v) is 3.88. The van der Waals surface area contributed by atoms with E-state index in [0.717, 1.165) is 22.9 Å². The summed E-state index contributed by atoms with van der Waals surface area (Å²) >= 11 is 3.40. The van der Waals surface area contributed by atoms with Crippen molar-refractivity contribution >= 4 is 15.9 Å². The topological polar surface area (TPSA) is 43.7 Å². The van der Waals surface area contributed by atoms with Crippen molar-refractivity contribution in [2.75, 3.05) is 20.1 Å². The van der Waals surface area contributed by atoms with Crippen LogP contribution < -0.4 is 0 Å². The minimum Gasteiger partial charge on any atom is -0.392 e. The molecule has 0 radical (unpaired) electrons. The normalized spacial score (nSPS) is 18.9. The molecule has 0 heterocycles. The molecule has 1 aliphatic rings. The Balaban J connectivity index is 1.84. The van der Waals surface area contributed by atoms with Gasteiger partial charge in [-0.05, 0) is 43.5 Å². The molecule has 18 heavy (non-hydrogen) atoms. The minimum absolute atomic E-state index is 0.246. The zero-order valence-electron chi connectivity index (χ0n) is 10.6. The SMILES string of the molecule is CN(CC(O)c1cccc(Br)c1)CC(O)C1CC1. The van der Waals surface area contributed by atoms with E-state index < -0.39 is 6.10 Å². The second-order valence-corrected chi connectivity index (χ2v) is 6.11. The highest BCUT2D eigenvalue weighted by Crippen LogP contribution is 2.32. The molecular formula is C14H20BrNO2. The van der Waals surface area contributed by atoms with Crippen molar-refractivity contribution in [1.29, 1.82) is 0 Å². The van der Waals surface area contributed by atoms with Crippen LogP contribution in [0.25, 0.3) is 0 Å². The number of aliphatic hydroxyl groups excluding tert-OH is 2. The lowest BCUT2D eigenvalue weighted by atomic mass is 10.1. The first-order chi connectivity index (χ1) is 8.56. The number of hydrogen-bond donors (Lipinski definition) is 2. The molecule has 1 fully saturated rings. The van der Waals surface area contributed by atoms with E-state index in [1.165, 1.54) is 0 Å². The Morgan fingerprint density at radius 1 is 1.33 bits per heavy atom. The van der Waals surface area contributed by atoms with Gasteiger partial charge in [0.2, 0.25) is 0 Å². The Morgan fingerprint density at radius 3 is 2.67 bits per heavy atom. The fourth-order valence-corrected chi connectivity index (χ4v) is 2.56. The van der Waals surface area contributed by atoms with Crippen LogP contribution in [0.1, 0.15) is 24.5 Å². The fraction of sp³-hybridized carbons (Fsp3) is 0.571. The van der Waals surface area contributed by atoms with Crippen LogP contribution in [-0.2, 0) is 0 Å². The lowest BCUT2D eigenvalue weighted by Crippen LogP contribution is -2.33. The summed E-state index contributed by atoms with van der Waals surface area (Å²) in [5, 5.41) is 20.0. The van der Waals surface area contributed by atoms with Crippen molar-refractivity contribution in [3.63, 3.8) is 0 Å². The molecule has 2 unspecified atom stereocenters. The predicted molar refractivity (Wildman–Crippen MR) is 75.3 cm³/mol. The third-order valence-electron chi connectivity index (χ3n) is 3.38. The van der Waals surface area contributed by atoms with Crippen LogP contribution in [0.15, 0.2) is 28.7 Å². The maximum atomic E-state index is 10.1. The molecule has 4 heteroatoms. The van der Waals surface area contributed by atoms with Crippen LogP contribution in [0.3, 0.4) is 0 Å². The van der Waals surface area contributed by atoms with Crippen molar-refractivity contribution in [1.82, 2.24) is 4.90 Å². The second kappa shape index (κ2) is 6.15. The van der Waals surface area contributed by atoms with Gasteiger partial charge in [-0.2, -0.15) is 0 Å². The van der Waals surface area contributed by atoms with E-state index in [1.54, 1.807) is 0 Å². The van der Waals surface area contributed by atoms with E-state index in [-0.39, 0.29) is 6.10 Å². The first kappa shape index (κ1) is 14.0. The van der Waals surface area contributed by atoms with Gasteiger partial charge in [-0.3, -0.25) is 0 Å². The Labute approximate surface area is 117 Å². The number of rotatable bonds is 6. The van der Waals surface area contributed by atoms with Gasteiger partial charge in [-0.15, -0.1) is 0 Å². The van der Waals surface area contributed by atoms with Crippen LogP contribution in [0.5, 0.6) is 0 Å². The maximum Gasteiger partial charge on any atom is 0.0917 e. The molecule has 1 aromatic rings. The Morgan fingerprint density at radius 2 is 2.06 bits per heavy atom. The largest absolute Gasteiger partial charge is 0.392 e. The summed E-state index contributed by atoms with van der Waals surface area (Å²) in [6.45, 7) is 1.18. The van der Waals surface area contributed by atoms with Gasteiger partial charge in [0, 0.05) is 17.6 Å². The third kappa shape index (κ3) is 4.05. The summed E-state index contributed by atoms with van der Waals surface area (Å²) in [6.07, 6.45) is 1.52. The Kier molecular flexibility index (Phi) is 4.78.